The van der Waals surface area contributed by atoms with E-state index < -0.39 is 10.9 Å². The zero-order valence-corrected chi connectivity index (χ0v) is 14.2. The number of hydrogen-bond donors (Lipinski definition) is 1. The second-order valence-corrected chi connectivity index (χ2v) is 6.63. The molecule has 0 saturated heterocycles. The molecule has 3 rings (SSSR count). The van der Waals surface area contributed by atoms with Gasteiger partial charge in [0.15, 0.2) is 0 Å². The molecule has 0 atom stereocenters. The van der Waals surface area contributed by atoms with E-state index in [9.17, 15) is 19.3 Å². The third-order valence-corrected chi connectivity index (χ3v) is 4.86. The highest BCUT2D eigenvalue weighted by atomic mass is 19.1. The number of benzene rings is 1. The summed E-state index contributed by atoms with van der Waals surface area (Å²) >= 11 is 0. The second kappa shape index (κ2) is 7.59. The molecule has 8 nitrogen and oxygen atoms in total. The fourth-order valence-electron chi connectivity index (χ4n) is 3.53. The number of halogens is 1. The highest BCUT2D eigenvalue weighted by Crippen LogP contribution is 2.39. The van der Waals surface area contributed by atoms with E-state index in [1.807, 2.05) is 6.07 Å². The van der Waals surface area contributed by atoms with E-state index in [0.717, 1.165) is 48.7 Å². The molecule has 9 heteroatoms. The zero-order chi connectivity index (χ0) is 18.6. The maximum Gasteiger partial charge on any atom is 0.490 e. The molecule has 0 unspecified atom stereocenters. The Labute approximate surface area is 149 Å². The van der Waals surface area contributed by atoms with Crippen molar-refractivity contribution in [1.29, 1.82) is 0 Å². The van der Waals surface area contributed by atoms with Gasteiger partial charge < -0.3 is 15.4 Å². The lowest BCUT2D eigenvalue weighted by Gasteiger charge is -2.38. The van der Waals surface area contributed by atoms with Crippen LogP contribution in [0.3, 0.4) is 0 Å². The van der Waals surface area contributed by atoms with Crippen LogP contribution < -0.4 is 5.32 Å². The number of amides is 1. The number of nitrogens with one attached hydrogen (secondary N) is 1. The minimum atomic E-state index is -0.713. The van der Waals surface area contributed by atoms with E-state index in [1.165, 1.54) is 12.1 Å². The first-order chi connectivity index (χ1) is 12.5. The first-order valence-electron chi connectivity index (χ1n) is 8.55. The van der Waals surface area contributed by atoms with Crippen LogP contribution in [0.15, 0.2) is 30.6 Å². The molecule has 1 saturated carbocycles. The molecule has 0 radical (unpaired) electrons. The first kappa shape index (κ1) is 18.0. The van der Waals surface area contributed by atoms with Gasteiger partial charge in [-0.15, -0.1) is 0 Å². The van der Waals surface area contributed by atoms with Crippen molar-refractivity contribution in [2.45, 2.75) is 44.1 Å². The Morgan fingerprint density at radius 1 is 1.35 bits per heavy atom. The molecule has 1 aliphatic rings. The van der Waals surface area contributed by atoms with Crippen LogP contribution in [0.1, 0.15) is 37.7 Å². The molecule has 1 aliphatic carbocycles. The van der Waals surface area contributed by atoms with Gasteiger partial charge in [0.25, 0.3) is 0 Å². The lowest BCUT2D eigenvalue weighted by molar-refractivity contribution is -0.394. The summed E-state index contributed by atoms with van der Waals surface area (Å²) in [5.41, 5.74) is 0.610. The minimum absolute atomic E-state index is 0.153. The SMILES string of the molecule is O=C(Cn1cnc([N+](=O)[O-])n1)NCC1(c2cccc(F)c2)CCCCC1. The summed E-state index contributed by atoms with van der Waals surface area (Å²) in [6.45, 7) is 0.242. The normalized spacial score (nSPS) is 16.2. The molecule has 0 aliphatic heterocycles. The van der Waals surface area contributed by atoms with Gasteiger partial charge in [0.2, 0.25) is 12.2 Å². The average molecular weight is 361 g/mol. The van der Waals surface area contributed by atoms with Crippen molar-refractivity contribution in [3.63, 3.8) is 0 Å². The molecule has 1 N–H and O–H groups in total. The Morgan fingerprint density at radius 3 is 2.77 bits per heavy atom. The van der Waals surface area contributed by atoms with Gasteiger partial charge in [0.05, 0.1) is 0 Å². The summed E-state index contributed by atoms with van der Waals surface area (Å²) in [5, 5.41) is 17.1. The Morgan fingerprint density at radius 2 is 2.12 bits per heavy atom. The van der Waals surface area contributed by atoms with E-state index in [2.05, 4.69) is 15.4 Å². The monoisotopic (exact) mass is 361 g/mol. The summed E-state index contributed by atoms with van der Waals surface area (Å²) in [6.07, 6.45) is 6.11. The van der Waals surface area contributed by atoms with Crippen molar-refractivity contribution in [3.8, 4) is 0 Å². The average Bonchev–Trinajstić information content (AvgIpc) is 3.10. The molecule has 2 aromatic rings. The highest BCUT2D eigenvalue weighted by Gasteiger charge is 2.34. The Balaban J connectivity index is 1.67. The van der Waals surface area contributed by atoms with E-state index in [4.69, 9.17) is 0 Å². The Hall–Kier alpha value is -2.84. The molecular formula is C17H20FN5O3. The van der Waals surface area contributed by atoms with Crippen molar-refractivity contribution >= 4 is 11.9 Å². The minimum Gasteiger partial charge on any atom is -0.390 e. The van der Waals surface area contributed by atoms with Gasteiger partial charge in [-0.05, 0) is 35.5 Å². The lowest BCUT2D eigenvalue weighted by atomic mass is 9.69. The van der Waals surface area contributed by atoms with Crippen molar-refractivity contribution in [1.82, 2.24) is 20.1 Å². The molecule has 138 valence electrons. The number of aromatic nitrogens is 3. The summed E-state index contributed by atoms with van der Waals surface area (Å²) < 4.78 is 14.8. The Bertz CT molecular complexity index is 801. The van der Waals surface area contributed by atoms with Crippen LogP contribution in [0, 0.1) is 15.9 Å². The van der Waals surface area contributed by atoms with Crippen LogP contribution in [-0.4, -0.2) is 32.1 Å². The molecule has 1 aromatic heterocycles. The van der Waals surface area contributed by atoms with Crippen LogP contribution in [0.2, 0.25) is 0 Å². The summed E-state index contributed by atoms with van der Waals surface area (Å²) in [7, 11) is 0. The largest absolute Gasteiger partial charge is 0.490 e. The van der Waals surface area contributed by atoms with E-state index in [0.29, 0.717) is 6.54 Å². The number of hydrogen-bond acceptors (Lipinski definition) is 5. The third kappa shape index (κ3) is 4.04. The van der Waals surface area contributed by atoms with Gasteiger partial charge in [-0.1, -0.05) is 36.4 Å². The topological polar surface area (TPSA) is 103 Å². The van der Waals surface area contributed by atoms with Crippen molar-refractivity contribution in [2.75, 3.05) is 6.54 Å². The summed E-state index contributed by atoms with van der Waals surface area (Å²) in [5.74, 6) is -1.14. The maximum absolute atomic E-state index is 13.7. The second-order valence-electron chi connectivity index (χ2n) is 6.63. The predicted octanol–water partition coefficient (Wildman–Crippen LogP) is 2.34. The molecule has 1 fully saturated rings. The van der Waals surface area contributed by atoms with Gasteiger partial charge in [-0.2, -0.15) is 4.68 Å². The van der Waals surface area contributed by atoms with Crippen LogP contribution >= 0.6 is 0 Å². The summed E-state index contributed by atoms with van der Waals surface area (Å²) in [4.78, 5) is 25.6. The molecular weight excluding hydrogens is 341 g/mol. The number of carbonyl (C=O) groups excluding carboxylic acids is 1. The van der Waals surface area contributed by atoms with Crippen LogP contribution in [0.5, 0.6) is 0 Å². The fourth-order valence-corrected chi connectivity index (χ4v) is 3.53. The smallest absolute Gasteiger partial charge is 0.390 e. The number of nitrogens with zero attached hydrogens (tertiary/aromatic N) is 4. The van der Waals surface area contributed by atoms with Crippen molar-refractivity contribution in [3.05, 3.63) is 52.1 Å². The predicted molar refractivity (Wildman–Crippen MR) is 90.8 cm³/mol. The molecule has 1 aromatic carbocycles. The van der Waals surface area contributed by atoms with Crippen LogP contribution in [0.25, 0.3) is 0 Å². The standard InChI is InChI=1S/C17H20FN5O3/c18-14-6-4-5-13(9-14)17(7-2-1-3-8-17)11-19-15(24)10-22-12-20-16(21-22)23(25)26/h4-6,9,12H,1-3,7-8,10-11H2,(H,19,24). The summed E-state index contributed by atoms with van der Waals surface area (Å²) in [6, 6.07) is 6.55. The Kier molecular flexibility index (Phi) is 5.24. The van der Waals surface area contributed by atoms with Crippen molar-refractivity contribution < 1.29 is 14.1 Å². The first-order valence-corrected chi connectivity index (χ1v) is 8.55. The molecule has 1 heterocycles. The number of carbonyl (C=O) groups is 1. The van der Waals surface area contributed by atoms with E-state index >= 15 is 0 Å². The van der Waals surface area contributed by atoms with Gasteiger partial charge in [-0.3, -0.25) is 4.79 Å². The highest BCUT2D eigenvalue weighted by molar-refractivity contribution is 5.75. The van der Waals surface area contributed by atoms with Crippen molar-refractivity contribution in [2.24, 2.45) is 0 Å². The van der Waals surface area contributed by atoms with Gasteiger partial charge in [0, 0.05) is 17.1 Å². The number of rotatable bonds is 6. The quantitative estimate of drug-likeness (QED) is 0.628. The van der Waals surface area contributed by atoms with Gasteiger partial charge in [0.1, 0.15) is 12.4 Å². The fraction of sp³-hybridized carbons (Fsp3) is 0.471. The van der Waals surface area contributed by atoms with Crippen LogP contribution in [0.4, 0.5) is 10.3 Å². The molecule has 0 spiro atoms. The molecule has 1 amide bonds. The third-order valence-electron chi connectivity index (χ3n) is 4.86. The van der Waals surface area contributed by atoms with Gasteiger partial charge >= 0.3 is 5.95 Å². The van der Waals surface area contributed by atoms with Gasteiger partial charge in [-0.25, -0.2) is 4.39 Å². The van der Waals surface area contributed by atoms with Crippen LogP contribution in [-0.2, 0) is 16.8 Å². The molecule has 26 heavy (non-hydrogen) atoms. The van der Waals surface area contributed by atoms with E-state index in [1.54, 1.807) is 6.07 Å². The van der Waals surface area contributed by atoms with E-state index in [-0.39, 0.29) is 23.7 Å². The lowest BCUT2D eigenvalue weighted by Crippen LogP contribution is -2.43. The molecule has 0 bridgehead atoms. The zero-order valence-electron chi connectivity index (χ0n) is 14.2. The maximum atomic E-state index is 13.7. The number of nitro groups is 1.